The fraction of sp³-hybridized carbons (Fsp3) is 0.182. The summed E-state index contributed by atoms with van der Waals surface area (Å²) < 4.78 is 25.5. The number of carbonyl (C=O) groups is 1. The highest BCUT2D eigenvalue weighted by Crippen LogP contribution is 2.13. The lowest BCUT2D eigenvalue weighted by atomic mass is 10.2. The third kappa shape index (κ3) is 3.44. The Morgan fingerprint density at radius 1 is 1.47 bits per heavy atom. The van der Waals surface area contributed by atoms with E-state index in [4.69, 9.17) is 5.53 Å². The number of nitrogens with zero attached hydrogens (tertiary/aromatic N) is 1. The normalized spacial score (nSPS) is 11.1. The molecule has 0 aromatic heterocycles. The minimum Gasteiger partial charge on any atom is -0.360 e. The van der Waals surface area contributed by atoms with Gasteiger partial charge in [-0.1, -0.05) is 6.92 Å². The summed E-state index contributed by atoms with van der Waals surface area (Å²) in [6, 6.07) is 3.22. The Morgan fingerprint density at radius 3 is 2.71 bits per heavy atom. The van der Waals surface area contributed by atoms with Crippen LogP contribution in [0.3, 0.4) is 0 Å². The monoisotopic (exact) mass is 239 g/mol. The third-order valence-electron chi connectivity index (χ3n) is 2.02. The smallest absolute Gasteiger partial charge is 0.184 e. The Labute approximate surface area is 96.8 Å². The maximum Gasteiger partial charge on any atom is 0.184 e. The molecule has 0 aliphatic heterocycles. The summed E-state index contributed by atoms with van der Waals surface area (Å²) in [5, 5.41) is 5.62. The van der Waals surface area contributed by atoms with Crippen LogP contribution in [0.2, 0.25) is 0 Å². The fourth-order valence-electron chi connectivity index (χ4n) is 1.09. The van der Waals surface area contributed by atoms with Crippen LogP contribution in [-0.4, -0.2) is 5.78 Å². The van der Waals surface area contributed by atoms with Crippen molar-refractivity contribution in [2.75, 3.05) is 5.32 Å². The average Bonchev–Trinajstić information content (AvgIpc) is 2.33. The number of rotatable bonds is 5. The third-order valence-corrected chi connectivity index (χ3v) is 2.02. The van der Waals surface area contributed by atoms with E-state index in [0.29, 0.717) is 0 Å². The first-order chi connectivity index (χ1) is 8.08. The first kappa shape index (κ1) is 13.0. The first-order valence-corrected chi connectivity index (χ1v) is 4.91. The van der Waals surface area contributed by atoms with Crippen LogP contribution in [-0.2, 0) is 4.79 Å². The van der Waals surface area contributed by atoms with Crippen molar-refractivity contribution in [3.05, 3.63) is 41.7 Å². The van der Waals surface area contributed by atoms with Crippen molar-refractivity contribution in [3.63, 3.8) is 0 Å². The van der Waals surface area contributed by atoms with Gasteiger partial charge in [-0.15, -0.1) is 0 Å². The van der Waals surface area contributed by atoms with Gasteiger partial charge in [0, 0.05) is 24.4 Å². The van der Waals surface area contributed by atoms with Crippen LogP contribution in [0.1, 0.15) is 13.3 Å². The van der Waals surface area contributed by atoms with E-state index in [9.17, 15) is 13.6 Å². The van der Waals surface area contributed by atoms with Gasteiger partial charge in [0.2, 0.25) is 0 Å². The van der Waals surface area contributed by atoms with E-state index >= 15 is 0 Å². The molecule has 0 aliphatic rings. The number of Topliss-reactive ketones (excluding diaryl/α,β-unsaturated/α-hetero) is 1. The maximum absolute atomic E-state index is 12.8. The number of allylic oxidation sites excluding steroid dienone is 1. The number of benzene rings is 1. The molecule has 0 saturated heterocycles. The summed E-state index contributed by atoms with van der Waals surface area (Å²) in [4.78, 5) is 11.2. The summed E-state index contributed by atoms with van der Waals surface area (Å²) in [6.07, 6.45) is 1.40. The van der Waals surface area contributed by atoms with Gasteiger partial charge in [0.15, 0.2) is 17.4 Å². The predicted molar refractivity (Wildman–Crippen MR) is 58.5 cm³/mol. The molecule has 1 rings (SSSR count). The zero-order chi connectivity index (χ0) is 12.8. The Bertz CT molecular complexity index is 472. The Morgan fingerprint density at radius 2 is 2.18 bits per heavy atom. The first-order valence-electron chi connectivity index (χ1n) is 4.91. The van der Waals surface area contributed by atoms with E-state index in [1.165, 1.54) is 12.3 Å². The van der Waals surface area contributed by atoms with Crippen LogP contribution in [0.25, 0.3) is 0 Å². The molecule has 0 heterocycles. The highest BCUT2D eigenvalue weighted by Gasteiger charge is 2.06. The molecule has 2 N–H and O–H groups in total. The van der Waals surface area contributed by atoms with Crippen LogP contribution < -0.4 is 5.32 Å². The number of carbonyl (C=O) groups excluding carboxylic acids is 1. The predicted octanol–water partition coefficient (Wildman–Crippen LogP) is 3.23. The quantitative estimate of drug-likeness (QED) is 0.612. The maximum atomic E-state index is 12.8. The standard InChI is InChI=1S/C11H11F2N3O/c1-2-11(17)10(16-14)6-15-7-3-4-8(12)9(13)5-7/h3-6,14-15H,2H2,1H3/b10-6-,16-14?. The molecule has 17 heavy (non-hydrogen) atoms. The zero-order valence-electron chi connectivity index (χ0n) is 9.13. The van der Waals surface area contributed by atoms with Gasteiger partial charge in [0.25, 0.3) is 0 Å². The lowest BCUT2D eigenvalue weighted by Gasteiger charge is -2.02. The SMILES string of the molecule is CCC(=O)/C(=C/Nc1ccc(F)c(F)c1)N=N. The van der Waals surface area contributed by atoms with Crippen LogP contribution >= 0.6 is 0 Å². The molecule has 0 atom stereocenters. The van der Waals surface area contributed by atoms with Gasteiger partial charge >= 0.3 is 0 Å². The number of anilines is 1. The number of nitrogens with one attached hydrogen (secondary N) is 2. The summed E-state index contributed by atoms with van der Waals surface area (Å²) >= 11 is 0. The van der Waals surface area contributed by atoms with Gasteiger partial charge in [-0.25, -0.2) is 14.3 Å². The van der Waals surface area contributed by atoms with E-state index in [0.717, 1.165) is 12.1 Å². The summed E-state index contributed by atoms with van der Waals surface area (Å²) in [5.41, 5.74) is 7.00. The van der Waals surface area contributed by atoms with Gasteiger partial charge in [0.05, 0.1) is 0 Å². The van der Waals surface area contributed by atoms with Crippen molar-refractivity contribution < 1.29 is 13.6 Å². The summed E-state index contributed by atoms with van der Waals surface area (Å²) in [5.74, 6) is -2.25. The van der Waals surface area contributed by atoms with E-state index in [-0.39, 0.29) is 23.6 Å². The van der Waals surface area contributed by atoms with Crippen molar-refractivity contribution in [1.29, 1.82) is 5.53 Å². The average molecular weight is 239 g/mol. The molecule has 1 aromatic carbocycles. The molecule has 0 fully saturated rings. The molecule has 0 radical (unpaired) electrons. The van der Waals surface area contributed by atoms with E-state index in [2.05, 4.69) is 10.4 Å². The lowest BCUT2D eigenvalue weighted by Crippen LogP contribution is -2.01. The molecular formula is C11H11F2N3O. The second-order valence-electron chi connectivity index (χ2n) is 3.19. The van der Waals surface area contributed by atoms with Crippen LogP contribution in [0.15, 0.2) is 35.2 Å². The number of hydrogen-bond acceptors (Lipinski definition) is 4. The zero-order valence-corrected chi connectivity index (χ0v) is 9.13. The van der Waals surface area contributed by atoms with Crippen molar-refractivity contribution >= 4 is 11.5 Å². The minimum absolute atomic E-state index is 0.0720. The Hall–Kier alpha value is -2.11. The fourth-order valence-corrected chi connectivity index (χ4v) is 1.09. The van der Waals surface area contributed by atoms with Crippen LogP contribution in [0, 0.1) is 17.2 Å². The second-order valence-corrected chi connectivity index (χ2v) is 3.19. The molecule has 0 bridgehead atoms. The highest BCUT2D eigenvalue weighted by atomic mass is 19.2. The summed E-state index contributed by atoms with van der Waals surface area (Å²) in [7, 11) is 0. The van der Waals surface area contributed by atoms with Crippen molar-refractivity contribution in [1.82, 2.24) is 0 Å². The number of halogens is 2. The molecule has 1 aromatic rings. The molecule has 4 nitrogen and oxygen atoms in total. The summed E-state index contributed by atoms with van der Waals surface area (Å²) in [6.45, 7) is 1.64. The molecule has 0 unspecified atom stereocenters. The largest absolute Gasteiger partial charge is 0.360 e. The Balaban J connectivity index is 2.84. The van der Waals surface area contributed by atoms with E-state index < -0.39 is 11.6 Å². The van der Waals surface area contributed by atoms with Gasteiger partial charge in [-0.3, -0.25) is 4.79 Å². The number of ketones is 1. The van der Waals surface area contributed by atoms with E-state index in [1.807, 2.05) is 0 Å². The van der Waals surface area contributed by atoms with Crippen molar-refractivity contribution in [2.24, 2.45) is 5.11 Å². The molecule has 6 heteroatoms. The van der Waals surface area contributed by atoms with Gasteiger partial charge in [-0.2, -0.15) is 5.11 Å². The molecular weight excluding hydrogens is 228 g/mol. The van der Waals surface area contributed by atoms with Crippen molar-refractivity contribution in [2.45, 2.75) is 13.3 Å². The minimum atomic E-state index is -0.991. The van der Waals surface area contributed by atoms with Crippen LogP contribution in [0.4, 0.5) is 14.5 Å². The molecule has 0 amide bonds. The van der Waals surface area contributed by atoms with E-state index in [1.54, 1.807) is 6.92 Å². The molecule has 0 spiro atoms. The second kappa shape index (κ2) is 5.83. The Kier molecular flexibility index (Phi) is 4.45. The highest BCUT2D eigenvalue weighted by molar-refractivity contribution is 5.94. The van der Waals surface area contributed by atoms with Crippen LogP contribution in [0.5, 0.6) is 0 Å². The topological polar surface area (TPSA) is 65.3 Å². The lowest BCUT2D eigenvalue weighted by molar-refractivity contribution is -0.115. The molecule has 0 saturated carbocycles. The van der Waals surface area contributed by atoms with Gasteiger partial charge in [-0.05, 0) is 12.1 Å². The number of hydrogen-bond donors (Lipinski definition) is 2. The van der Waals surface area contributed by atoms with Gasteiger partial charge in [0.1, 0.15) is 5.70 Å². The van der Waals surface area contributed by atoms with Crippen molar-refractivity contribution in [3.8, 4) is 0 Å². The molecule has 0 aliphatic carbocycles. The van der Waals surface area contributed by atoms with Gasteiger partial charge < -0.3 is 5.32 Å². The molecule has 90 valence electrons.